The summed E-state index contributed by atoms with van der Waals surface area (Å²) in [6.07, 6.45) is -1.07. The van der Waals surface area contributed by atoms with Gasteiger partial charge in [0, 0.05) is 19.1 Å². The van der Waals surface area contributed by atoms with Gasteiger partial charge in [0.2, 0.25) is 0 Å². The summed E-state index contributed by atoms with van der Waals surface area (Å²) in [4.78, 5) is 2.38. The molecule has 0 amide bonds. The number of rotatable bonds is 5. The molecule has 1 saturated carbocycles. The Kier molecular flexibility index (Phi) is 6.11. The van der Waals surface area contributed by atoms with Gasteiger partial charge in [0.25, 0.3) is 0 Å². The lowest BCUT2D eigenvalue weighted by atomic mass is 9.85. The van der Waals surface area contributed by atoms with Crippen molar-refractivity contribution in [2.45, 2.75) is 44.3 Å². The van der Waals surface area contributed by atoms with E-state index in [1.165, 1.54) is 0 Å². The third-order valence-electron chi connectivity index (χ3n) is 4.38. The summed E-state index contributed by atoms with van der Waals surface area (Å²) < 4.78 is 42.9. The minimum Gasteiger partial charge on any atom is -0.379 e. The van der Waals surface area contributed by atoms with E-state index in [-0.39, 0.29) is 18.9 Å². The van der Waals surface area contributed by atoms with E-state index < -0.39 is 12.1 Å². The van der Waals surface area contributed by atoms with Crippen LogP contribution in [0.2, 0.25) is 0 Å². The quantitative estimate of drug-likeness (QED) is 0.788. The molecule has 2 rings (SSSR count). The van der Waals surface area contributed by atoms with Crippen LogP contribution in [-0.4, -0.2) is 56.5 Å². The maximum Gasteiger partial charge on any atom is 0.391 e. The third kappa shape index (κ3) is 5.22. The molecule has 0 unspecified atom stereocenters. The van der Waals surface area contributed by atoms with Crippen molar-refractivity contribution in [2.24, 2.45) is 5.92 Å². The Morgan fingerprint density at radius 1 is 1.05 bits per heavy atom. The van der Waals surface area contributed by atoms with Crippen molar-refractivity contribution in [1.82, 2.24) is 10.2 Å². The second-order valence-corrected chi connectivity index (χ2v) is 5.85. The van der Waals surface area contributed by atoms with Crippen LogP contribution in [-0.2, 0) is 4.74 Å². The van der Waals surface area contributed by atoms with Gasteiger partial charge in [-0.15, -0.1) is 0 Å². The van der Waals surface area contributed by atoms with E-state index >= 15 is 0 Å². The Bertz CT molecular complexity index is 272. The molecule has 118 valence electrons. The van der Waals surface area contributed by atoms with Crippen LogP contribution in [0, 0.1) is 5.92 Å². The third-order valence-corrected chi connectivity index (χ3v) is 4.38. The van der Waals surface area contributed by atoms with Crippen molar-refractivity contribution >= 4 is 0 Å². The van der Waals surface area contributed by atoms with Crippen molar-refractivity contribution in [3.63, 3.8) is 0 Å². The first-order chi connectivity index (χ1) is 9.55. The highest BCUT2D eigenvalue weighted by atomic mass is 19.4. The minimum absolute atomic E-state index is 0.276. The number of hydrogen-bond donors (Lipinski definition) is 1. The van der Waals surface area contributed by atoms with Crippen LogP contribution in [0.25, 0.3) is 0 Å². The summed E-state index contributed by atoms with van der Waals surface area (Å²) in [5, 5.41) is 3.41. The van der Waals surface area contributed by atoms with Crippen LogP contribution in [0.5, 0.6) is 0 Å². The van der Waals surface area contributed by atoms with Crippen LogP contribution in [0.3, 0.4) is 0 Å². The van der Waals surface area contributed by atoms with Crippen molar-refractivity contribution in [3.8, 4) is 0 Å². The molecule has 20 heavy (non-hydrogen) atoms. The number of halogens is 3. The number of ether oxygens (including phenoxy) is 1. The Labute approximate surface area is 118 Å². The highest BCUT2D eigenvalue weighted by Crippen LogP contribution is 2.37. The van der Waals surface area contributed by atoms with Crippen molar-refractivity contribution < 1.29 is 17.9 Å². The predicted octanol–water partition coefficient (Wildman–Crippen LogP) is 2.42. The fourth-order valence-electron chi connectivity index (χ4n) is 3.06. The normalized spacial score (nSPS) is 29.6. The standard InChI is InChI=1S/C14H25F3N2O/c15-14(16,17)12-2-4-13(5-3-12)18-6-1-7-19-8-10-20-11-9-19/h12-13,18H,1-11H2. The molecule has 2 fully saturated rings. The maximum absolute atomic E-state index is 12.5. The molecule has 0 radical (unpaired) electrons. The van der Waals surface area contributed by atoms with E-state index in [0.717, 1.165) is 45.8 Å². The molecule has 1 aliphatic carbocycles. The largest absolute Gasteiger partial charge is 0.391 e. The van der Waals surface area contributed by atoms with E-state index in [1.807, 2.05) is 0 Å². The van der Waals surface area contributed by atoms with Crippen LogP contribution in [0.1, 0.15) is 32.1 Å². The molecular formula is C14H25F3N2O. The molecule has 2 aliphatic rings. The average molecular weight is 294 g/mol. The van der Waals surface area contributed by atoms with Gasteiger partial charge in [0.15, 0.2) is 0 Å². The summed E-state index contributed by atoms with van der Waals surface area (Å²) >= 11 is 0. The van der Waals surface area contributed by atoms with Crippen molar-refractivity contribution in [1.29, 1.82) is 0 Å². The lowest BCUT2D eigenvalue weighted by molar-refractivity contribution is -0.182. The first kappa shape index (κ1) is 16.0. The van der Waals surface area contributed by atoms with E-state index in [9.17, 15) is 13.2 Å². The highest BCUT2D eigenvalue weighted by Gasteiger charge is 2.41. The fourth-order valence-corrected chi connectivity index (χ4v) is 3.06. The second-order valence-electron chi connectivity index (χ2n) is 5.85. The van der Waals surface area contributed by atoms with Crippen LogP contribution >= 0.6 is 0 Å². The highest BCUT2D eigenvalue weighted by molar-refractivity contribution is 4.80. The van der Waals surface area contributed by atoms with E-state index in [1.54, 1.807) is 0 Å². The first-order valence-corrected chi connectivity index (χ1v) is 7.66. The van der Waals surface area contributed by atoms with Gasteiger partial charge in [-0.05, 0) is 45.2 Å². The molecule has 0 aromatic rings. The van der Waals surface area contributed by atoms with E-state index in [0.29, 0.717) is 12.8 Å². The predicted molar refractivity (Wildman–Crippen MR) is 71.7 cm³/mol. The zero-order chi connectivity index (χ0) is 14.4. The van der Waals surface area contributed by atoms with Crippen LogP contribution in [0.4, 0.5) is 13.2 Å². The molecule has 1 saturated heterocycles. The van der Waals surface area contributed by atoms with Crippen molar-refractivity contribution in [2.75, 3.05) is 39.4 Å². The lowest BCUT2D eigenvalue weighted by Crippen LogP contribution is -2.40. The van der Waals surface area contributed by atoms with Gasteiger partial charge in [0.05, 0.1) is 19.1 Å². The smallest absolute Gasteiger partial charge is 0.379 e. The molecule has 1 aliphatic heterocycles. The molecule has 0 bridgehead atoms. The van der Waals surface area contributed by atoms with Gasteiger partial charge < -0.3 is 10.1 Å². The molecule has 0 atom stereocenters. The summed E-state index contributed by atoms with van der Waals surface area (Å²) in [6.45, 7) is 5.57. The average Bonchev–Trinajstić information content (AvgIpc) is 2.44. The Morgan fingerprint density at radius 2 is 1.70 bits per heavy atom. The van der Waals surface area contributed by atoms with E-state index in [4.69, 9.17) is 4.74 Å². The molecule has 3 nitrogen and oxygen atoms in total. The number of alkyl halides is 3. The summed E-state index contributed by atoms with van der Waals surface area (Å²) in [5.74, 6) is -1.08. The van der Waals surface area contributed by atoms with Gasteiger partial charge in [-0.2, -0.15) is 13.2 Å². The van der Waals surface area contributed by atoms with Gasteiger partial charge in [-0.1, -0.05) is 0 Å². The topological polar surface area (TPSA) is 24.5 Å². The van der Waals surface area contributed by atoms with Gasteiger partial charge in [-0.25, -0.2) is 0 Å². The lowest BCUT2D eigenvalue weighted by Gasteiger charge is -2.31. The summed E-state index contributed by atoms with van der Waals surface area (Å²) in [5.41, 5.74) is 0. The minimum atomic E-state index is -4.00. The molecule has 0 aromatic heterocycles. The van der Waals surface area contributed by atoms with E-state index in [2.05, 4.69) is 10.2 Å². The monoisotopic (exact) mass is 294 g/mol. The number of nitrogens with one attached hydrogen (secondary N) is 1. The van der Waals surface area contributed by atoms with Crippen LogP contribution < -0.4 is 5.32 Å². The van der Waals surface area contributed by atoms with Gasteiger partial charge in [-0.3, -0.25) is 4.90 Å². The zero-order valence-corrected chi connectivity index (χ0v) is 11.9. The molecule has 0 aromatic carbocycles. The molecular weight excluding hydrogens is 269 g/mol. The molecule has 6 heteroatoms. The van der Waals surface area contributed by atoms with Gasteiger partial charge >= 0.3 is 6.18 Å². The fraction of sp³-hybridized carbons (Fsp3) is 1.00. The summed E-state index contributed by atoms with van der Waals surface area (Å²) in [6, 6.07) is 0.276. The number of nitrogens with zero attached hydrogens (tertiary/aromatic N) is 1. The molecule has 1 N–H and O–H groups in total. The Hall–Kier alpha value is -0.330. The number of hydrogen-bond acceptors (Lipinski definition) is 3. The van der Waals surface area contributed by atoms with Gasteiger partial charge in [0.1, 0.15) is 0 Å². The number of morpholine rings is 1. The Balaban J connectivity index is 1.53. The second kappa shape index (κ2) is 7.61. The first-order valence-electron chi connectivity index (χ1n) is 7.66. The SMILES string of the molecule is FC(F)(F)C1CCC(NCCCN2CCOCC2)CC1. The summed E-state index contributed by atoms with van der Waals surface area (Å²) in [7, 11) is 0. The van der Waals surface area contributed by atoms with Crippen molar-refractivity contribution in [3.05, 3.63) is 0 Å². The maximum atomic E-state index is 12.5. The molecule has 0 spiro atoms. The Morgan fingerprint density at radius 3 is 2.30 bits per heavy atom. The molecule has 1 heterocycles. The zero-order valence-electron chi connectivity index (χ0n) is 11.9. The van der Waals surface area contributed by atoms with Crippen LogP contribution in [0.15, 0.2) is 0 Å².